The molecular formula is C11H14N4O2S. The molecule has 1 amide bonds. The van der Waals surface area contributed by atoms with Crippen LogP contribution in [0.2, 0.25) is 0 Å². The Morgan fingerprint density at radius 2 is 2.56 bits per heavy atom. The van der Waals surface area contributed by atoms with Crippen LogP contribution in [0.25, 0.3) is 6.08 Å². The third kappa shape index (κ3) is 5.03. The second kappa shape index (κ2) is 8.33. The van der Waals surface area contributed by atoms with Crippen molar-refractivity contribution in [3.8, 4) is 6.07 Å². The summed E-state index contributed by atoms with van der Waals surface area (Å²) in [5.74, 6) is -0.401. The van der Waals surface area contributed by atoms with Gasteiger partial charge < -0.3 is 10.1 Å². The van der Waals surface area contributed by atoms with E-state index in [0.29, 0.717) is 25.5 Å². The van der Waals surface area contributed by atoms with Gasteiger partial charge in [0.15, 0.2) is 0 Å². The molecule has 18 heavy (non-hydrogen) atoms. The van der Waals surface area contributed by atoms with Crippen molar-refractivity contribution in [1.29, 1.82) is 5.26 Å². The van der Waals surface area contributed by atoms with Gasteiger partial charge in [-0.05, 0) is 31.0 Å². The number of carbonyl (C=O) groups is 1. The Kier molecular flexibility index (Phi) is 6.61. The molecular weight excluding hydrogens is 252 g/mol. The third-order valence-electron chi connectivity index (χ3n) is 1.99. The summed E-state index contributed by atoms with van der Waals surface area (Å²) in [4.78, 5) is 11.6. The Hall–Kier alpha value is -1.78. The van der Waals surface area contributed by atoms with Gasteiger partial charge in [0, 0.05) is 25.1 Å². The molecule has 0 unspecified atom stereocenters. The van der Waals surface area contributed by atoms with Gasteiger partial charge in [0.05, 0.1) is 5.69 Å². The fraction of sp³-hybridized carbons (Fsp3) is 0.455. The molecule has 0 atom stereocenters. The number of hydrogen-bond donors (Lipinski definition) is 1. The zero-order chi connectivity index (χ0) is 13.2. The Bertz CT molecular complexity index is 436. The molecule has 0 saturated carbocycles. The van der Waals surface area contributed by atoms with E-state index in [2.05, 4.69) is 14.9 Å². The molecule has 1 aromatic rings. The number of ether oxygens (including phenoxy) is 1. The predicted octanol–water partition coefficient (Wildman–Crippen LogP) is 0.988. The van der Waals surface area contributed by atoms with Crippen molar-refractivity contribution in [2.24, 2.45) is 0 Å². The van der Waals surface area contributed by atoms with Gasteiger partial charge in [0.1, 0.15) is 11.6 Å². The first-order valence-electron chi connectivity index (χ1n) is 5.52. The summed E-state index contributed by atoms with van der Waals surface area (Å²) in [5.41, 5.74) is 0.542. The van der Waals surface area contributed by atoms with Crippen LogP contribution in [0.3, 0.4) is 0 Å². The number of aromatic nitrogens is 2. The van der Waals surface area contributed by atoms with Crippen LogP contribution in [0.5, 0.6) is 0 Å². The van der Waals surface area contributed by atoms with Gasteiger partial charge in [-0.15, -0.1) is 5.10 Å². The summed E-state index contributed by atoms with van der Waals surface area (Å²) in [7, 11) is 0. The number of nitrogens with one attached hydrogen (secondary N) is 1. The van der Waals surface area contributed by atoms with Crippen molar-refractivity contribution in [2.75, 3.05) is 19.8 Å². The molecule has 1 rings (SSSR count). The first-order valence-corrected chi connectivity index (χ1v) is 6.36. The lowest BCUT2D eigenvalue weighted by molar-refractivity contribution is -0.117. The van der Waals surface area contributed by atoms with Crippen LogP contribution < -0.4 is 5.32 Å². The number of carbonyl (C=O) groups excluding carboxylic acids is 1. The zero-order valence-corrected chi connectivity index (χ0v) is 10.9. The van der Waals surface area contributed by atoms with Gasteiger partial charge >= 0.3 is 0 Å². The van der Waals surface area contributed by atoms with E-state index in [1.54, 1.807) is 5.38 Å². The molecule has 0 bridgehead atoms. The SMILES string of the molecule is CCOCCCNC(=O)/C(C#N)=C/c1csnn1. The fourth-order valence-corrected chi connectivity index (χ4v) is 1.56. The Morgan fingerprint density at radius 1 is 1.72 bits per heavy atom. The normalized spacial score (nSPS) is 11.0. The average molecular weight is 266 g/mol. The molecule has 0 aliphatic carbocycles. The minimum absolute atomic E-state index is 0.0270. The number of nitrogens with zero attached hydrogens (tertiary/aromatic N) is 3. The van der Waals surface area contributed by atoms with E-state index < -0.39 is 5.91 Å². The predicted molar refractivity (Wildman–Crippen MR) is 67.6 cm³/mol. The van der Waals surface area contributed by atoms with Gasteiger partial charge in [-0.3, -0.25) is 4.79 Å². The van der Waals surface area contributed by atoms with Crippen molar-refractivity contribution < 1.29 is 9.53 Å². The van der Waals surface area contributed by atoms with Crippen molar-refractivity contribution in [1.82, 2.24) is 14.9 Å². The van der Waals surface area contributed by atoms with Crippen molar-refractivity contribution in [3.63, 3.8) is 0 Å². The average Bonchev–Trinajstić information content (AvgIpc) is 2.88. The van der Waals surface area contributed by atoms with Crippen molar-refractivity contribution in [3.05, 3.63) is 16.6 Å². The second-order valence-electron chi connectivity index (χ2n) is 3.31. The molecule has 6 nitrogen and oxygen atoms in total. The van der Waals surface area contributed by atoms with Crippen LogP contribution in [0.1, 0.15) is 19.0 Å². The smallest absolute Gasteiger partial charge is 0.262 e. The van der Waals surface area contributed by atoms with Gasteiger partial charge in [-0.1, -0.05) is 4.49 Å². The molecule has 1 N–H and O–H groups in total. The highest BCUT2D eigenvalue weighted by Gasteiger charge is 2.08. The molecule has 0 aliphatic rings. The minimum Gasteiger partial charge on any atom is -0.382 e. The first kappa shape index (κ1) is 14.3. The quantitative estimate of drug-likeness (QED) is 0.451. The molecule has 96 valence electrons. The second-order valence-corrected chi connectivity index (χ2v) is 3.92. The summed E-state index contributed by atoms with van der Waals surface area (Å²) >= 11 is 1.17. The van der Waals surface area contributed by atoms with E-state index in [1.165, 1.54) is 17.6 Å². The first-order chi connectivity index (χ1) is 8.77. The standard InChI is InChI=1S/C11H14N4O2S/c1-2-17-5-3-4-13-11(16)9(7-12)6-10-8-18-15-14-10/h6,8H,2-5H2,1H3,(H,13,16)/b9-6+. The van der Waals surface area contributed by atoms with E-state index in [-0.39, 0.29) is 5.57 Å². The largest absolute Gasteiger partial charge is 0.382 e. The Balaban J connectivity index is 2.42. The number of amides is 1. The zero-order valence-electron chi connectivity index (χ0n) is 10.0. The topological polar surface area (TPSA) is 87.9 Å². The summed E-state index contributed by atoms with van der Waals surface area (Å²) in [6.45, 7) is 3.65. The van der Waals surface area contributed by atoms with Gasteiger partial charge in [0.2, 0.25) is 0 Å². The van der Waals surface area contributed by atoms with Gasteiger partial charge in [0.25, 0.3) is 5.91 Å². The van der Waals surface area contributed by atoms with Gasteiger partial charge in [-0.2, -0.15) is 5.26 Å². The van der Waals surface area contributed by atoms with Crippen molar-refractivity contribution >= 4 is 23.5 Å². The van der Waals surface area contributed by atoms with Crippen LogP contribution in [0.15, 0.2) is 11.0 Å². The minimum atomic E-state index is -0.401. The molecule has 0 radical (unpaired) electrons. The third-order valence-corrected chi connectivity index (χ3v) is 2.51. The molecule has 0 saturated heterocycles. The van der Waals surface area contributed by atoms with Gasteiger partial charge in [-0.25, -0.2) is 0 Å². The maximum atomic E-state index is 11.6. The van der Waals surface area contributed by atoms with Crippen LogP contribution in [0.4, 0.5) is 0 Å². The number of nitriles is 1. The molecule has 1 heterocycles. The monoisotopic (exact) mass is 266 g/mol. The van der Waals surface area contributed by atoms with E-state index in [9.17, 15) is 4.79 Å². The van der Waals surface area contributed by atoms with E-state index in [0.717, 1.165) is 6.42 Å². The highest BCUT2D eigenvalue weighted by atomic mass is 32.1. The molecule has 0 spiro atoms. The molecule has 7 heteroatoms. The van der Waals surface area contributed by atoms with Crippen LogP contribution >= 0.6 is 11.5 Å². The molecule has 0 fully saturated rings. The highest BCUT2D eigenvalue weighted by Crippen LogP contribution is 2.04. The maximum absolute atomic E-state index is 11.6. The summed E-state index contributed by atoms with van der Waals surface area (Å²) in [6, 6.07) is 1.85. The lowest BCUT2D eigenvalue weighted by atomic mass is 10.2. The lowest BCUT2D eigenvalue weighted by Gasteiger charge is -2.03. The Labute approximate surface area is 109 Å². The Morgan fingerprint density at radius 3 is 3.17 bits per heavy atom. The van der Waals surface area contributed by atoms with Crippen LogP contribution in [-0.2, 0) is 9.53 Å². The van der Waals surface area contributed by atoms with E-state index >= 15 is 0 Å². The van der Waals surface area contributed by atoms with Crippen LogP contribution in [0, 0.1) is 11.3 Å². The summed E-state index contributed by atoms with van der Waals surface area (Å²) in [5, 5.41) is 17.0. The number of rotatable bonds is 7. The molecule has 0 aromatic carbocycles. The number of hydrogen-bond acceptors (Lipinski definition) is 6. The maximum Gasteiger partial charge on any atom is 0.262 e. The summed E-state index contributed by atoms with van der Waals surface area (Å²) in [6.07, 6.45) is 2.14. The van der Waals surface area contributed by atoms with E-state index in [4.69, 9.17) is 10.00 Å². The van der Waals surface area contributed by atoms with E-state index in [1.807, 2.05) is 13.0 Å². The highest BCUT2D eigenvalue weighted by molar-refractivity contribution is 7.03. The van der Waals surface area contributed by atoms with Crippen LogP contribution in [-0.4, -0.2) is 35.3 Å². The fourth-order valence-electron chi connectivity index (χ4n) is 1.15. The van der Waals surface area contributed by atoms with Crippen molar-refractivity contribution in [2.45, 2.75) is 13.3 Å². The summed E-state index contributed by atoms with van der Waals surface area (Å²) < 4.78 is 8.79. The lowest BCUT2D eigenvalue weighted by Crippen LogP contribution is -2.26. The molecule has 0 aliphatic heterocycles. The molecule has 1 aromatic heterocycles.